The van der Waals surface area contributed by atoms with Crippen LogP contribution in [0.25, 0.3) is 0 Å². The minimum atomic E-state index is -4.00. The first-order valence-corrected chi connectivity index (χ1v) is 1.57. The number of alkyl halides is 3. The molecule has 0 heterocycles. The Bertz CT molecular complexity index is 30.7. The standard InChI is InChI=1S/C2H3F3.C2H4/c1-2(3,4)5;1-2/h1H3;1-2H2. The zero-order valence-electron chi connectivity index (χ0n) is 4.05. The third-order valence-electron chi connectivity index (χ3n) is 0. The summed E-state index contributed by atoms with van der Waals surface area (Å²) in [5.74, 6) is 0. The number of rotatable bonds is 0. The van der Waals surface area contributed by atoms with Crippen molar-refractivity contribution in [3.63, 3.8) is 0 Å². The smallest absolute Gasteiger partial charge is 0.172 e. The molecule has 0 bridgehead atoms. The second kappa shape index (κ2) is 3.71. The lowest BCUT2D eigenvalue weighted by molar-refractivity contribution is -0.110. The molecule has 0 aromatic heterocycles. The van der Waals surface area contributed by atoms with Crippen molar-refractivity contribution in [3.8, 4) is 0 Å². The van der Waals surface area contributed by atoms with Crippen molar-refractivity contribution in [2.75, 3.05) is 0 Å². The maximum Gasteiger partial charge on any atom is 0.386 e. The first kappa shape index (κ1) is 9.73. The Morgan fingerprint density at radius 2 is 1.14 bits per heavy atom. The van der Waals surface area contributed by atoms with Gasteiger partial charge in [-0.3, -0.25) is 0 Å². The summed E-state index contributed by atoms with van der Waals surface area (Å²) in [6.07, 6.45) is -4.00. The van der Waals surface area contributed by atoms with E-state index in [2.05, 4.69) is 13.2 Å². The fourth-order valence-corrected chi connectivity index (χ4v) is 0. The van der Waals surface area contributed by atoms with Crippen LogP contribution in [0, 0.1) is 0 Å². The zero-order chi connectivity index (χ0) is 6.50. The number of hydrogen-bond donors (Lipinski definition) is 0. The van der Waals surface area contributed by atoms with Crippen LogP contribution in [0.2, 0.25) is 0 Å². The maximum atomic E-state index is 10.4. The summed E-state index contributed by atoms with van der Waals surface area (Å²) in [7, 11) is 0. The molecule has 0 aliphatic carbocycles. The molecule has 3 heteroatoms. The van der Waals surface area contributed by atoms with E-state index in [4.69, 9.17) is 0 Å². The lowest BCUT2D eigenvalue weighted by Gasteiger charge is -1.88. The molecule has 7 heavy (non-hydrogen) atoms. The van der Waals surface area contributed by atoms with Crippen LogP contribution in [0.1, 0.15) is 6.92 Å². The Morgan fingerprint density at radius 1 is 1.14 bits per heavy atom. The van der Waals surface area contributed by atoms with Crippen LogP contribution in [0.3, 0.4) is 0 Å². The molecule has 0 saturated heterocycles. The van der Waals surface area contributed by atoms with Crippen molar-refractivity contribution < 1.29 is 13.2 Å². The summed E-state index contributed by atoms with van der Waals surface area (Å²) >= 11 is 0. The minimum absolute atomic E-state index is 0.188. The third-order valence-corrected chi connectivity index (χ3v) is 0. The van der Waals surface area contributed by atoms with Gasteiger partial charge >= 0.3 is 6.18 Å². The lowest BCUT2D eigenvalue weighted by Crippen LogP contribution is -1.95. The first-order chi connectivity index (χ1) is 3.00. The van der Waals surface area contributed by atoms with Crippen LogP contribution >= 0.6 is 0 Å². The molecule has 44 valence electrons. The van der Waals surface area contributed by atoms with Crippen molar-refractivity contribution in [3.05, 3.63) is 13.2 Å². The Balaban J connectivity index is 0. The fraction of sp³-hybridized carbons (Fsp3) is 0.500. The summed E-state index contributed by atoms with van der Waals surface area (Å²) in [6, 6.07) is 0. The topological polar surface area (TPSA) is 0 Å². The molecule has 0 spiro atoms. The molecular weight excluding hydrogens is 105 g/mol. The second-order valence-electron chi connectivity index (χ2n) is 0.781. The molecule has 0 aliphatic heterocycles. The Labute approximate surface area is 40.6 Å². The molecule has 0 aromatic rings. The molecule has 0 fully saturated rings. The average Bonchev–Trinajstić information content (AvgIpc) is 1.36. The molecule has 0 N–H and O–H groups in total. The van der Waals surface area contributed by atoms with Crippen LogP contribution in [0.15, 0.2) is 13.2 Å². The molecule has 0 aromatic carbocycles. The minimum Gasteiger partial charge on any atom is -0.172 e. The van der Waals surface area contributed by atoms with Crippen molar-refractivity contribution in [1.82, 2.24) is 0 Å². The van der Waals surface area contributed by atoms with E-state index in [0.29, 0.717) is 0 Å². The Kier molecular flexibility index (Phi) is 5.16. The third kappa shape index (κ3) is 312. The molecule has 0 atom stereocenters. The highest BCUT2D eigenvalue weighted by molar-refractivity contribution is 4.26. The molecule has 0 radical (unpaired) electrons. The van der Waals surface area contributed by atoms with Gasteiger partial charge in [0.25, 0.3) is 0 Å². The summed E-state index contributed by atoms with van der Waals surface area (Å²) in [5, 5.41) is 0. The van der Waals surface area contributed by atoms with Gasteiger partial charge < -0.3 is 0 Å². The van der Waals surface area contributed by atoms with Gasteiger partial charge in [-0.25, -0.2) is 0 Å². The van der Waals surface area contributed by atoms with Gasteiger partial charge in [-0.2, -0.15) is 13.2 Å². The normalized spacial score (nSPS) is 9.14. The largest absolute Gasteiger partial charge is 0.386 e. The first-order valence-electron chi connectivity index (χ1n) is 1.57. The molecule has 0 nitrogen and oxygen atoms in total. The van der Waals surface area contributed by atoms with Crippen molar-refractivity contribution in [2.45, 2.75) is 13.1 Å². The van der Waals surface area contributed by atoms with E-state index in [9.17, 15) is 13.2 Å². The Hall–Kier alpha value is -0.470. The maximum absolute atomic E-state index is 10.4. The average molecular weight is 112 g/mol. The fourth-order valence-electron chi connectivity index (χ4n) is 0. The van der Waals surface area contributed by atoms with Gasteiger partial charge in [0.15, 0.2) is 0 Å². The van der Waals surface area contributed by atoms with E-state index in [-0.39, 0.29) is 6.92 Å². The SMILES string of the molecule is C=C.CC(F)(F)F. The molecule has 0 amide bonds. The van der Waals surface area contributed by atoms with Gasteiger partial charge in [-0.15, -0.1) is 13.2 Å². The predicted molar refractivity (Wildman–Crippen MR) is 23.0 cm³/mol. The highest BCUT2D eigenvalue weighted by atomic mass is 19.4. The predicted octanol–water partition coefficient (Wildman–Crippen LogP) is 2.37. The monoisotopic (exact) mass is 112 g/mol. The van der Waals surface area contributed by atoms with Crippen LogP contribution in [-0.2, 0) is 0 Å². The number of halogens is 3. The van der Waals surface area contributed by atoms with Gasteiger partial charge in [-0.05, 0) is 0 Å². The van der Waals surface area contributed by atoms with Gasteiger partial charge in [0, 0.05) is 6.92 Å². The van der Waals surface area contributed by atoms with Crippen molar-refractivity contribution >= 4 is 0 Å². The lowest BCUT2D eigenvalue weighted by atomic mass is 10.8. The number of hydrogen-bond acceptors (Lipinski definition) is 0. The summed E-state index contributed by atoms with van der Waals surface area (Å²) in [6.45, 7) is 6.19. The van der Waals surface area contributed by atoms with Gasteiger partial charge in [0.1, 0.15) is 0 Å². The van der Waals surface area contributed by atoms with E-state index in [1.165, 1.54) is 0 Å². The van der Waals surface area contributed by atoms with E-state index < -0.39 is 6.18 Å². The van der Waals surface area contributed by atoms with Crippen molar-refractivity contribution in [2.24, 2.45) is 0 Å². The van der Waals surface area contributed by atoms with Crippen molar-refractivity contribution in [1.29, 1.82) is 0 Å². The highest BCUT2D eigenvalue weighted by Crippen LogP contribution is 2.10. The van der Waals surface area contributed by atoms with Crippen LogP contribution in [0.4, 0.5) is 13.2 Å². The molecule has 0 unspecified atom stereocenters. The quantitative estimate of drug-likeness (QED) is 0.422. The van der Waals surface area contributed by atoms with E-state index in [1.54, 1.807) is 0 Å². The van der Waals surface area contributed by atoms with E-state index in [0.717, 1.165) is 0 Å². The van der Waals surface area contributed by atoms with Gasteiger partial charge in [-0.1, -0.05) is 0 Å². The summed E-state index contributed by atoms with van der Waals surface area (Å²) < 4.78 is 31.1. The van der Waals surface area contributed by atoms with Gasteiger partial charge in [0.05, 0.1) is 0 Å². The van der Waals surface area contributed by atoms with Crippen LogP contribution in [0.5, 0.6) is 0 Å². The van der Waals surface area contributed by atoms with E-state index >= 15 is 0 Å². The van der Waals surface area contributed by atoms with Crippen LogP contribution < -0.4 is 0 Å². The second-order valence-corrected chi connectivity index (χ2v) is 0.781. The Morgan fingerprint density at radius 3 is 1.14 bits per heavy atom. The van der Waals surface area contributed by atoms with Crippen LogP contribution in [-0.4, -0.2) is 6.18 Å². The highest BCUT2D eigenvalue weighted by Gasteiger charge is 2.15. The van der Waals surface area contributed by atoms with Gasteiger partial charge in [0.2, 0.25) is 0 Å². The molecule has 0 saturated carbocycles. The van der Waals surface area contributed by atoms with E-state index in [1.807, 2.05) is 0 Å². The summed E-state index contributed by atoms with van der Waals surface area (Å²) in [4.78, 5) is 0. The molecular formula is C4H7F3. The summed E-state index contributed by atoms with van der Waals surface area (Å²) in [5.41, 5.74) is 0. The zero-order valence-corrected chi connectivity index (χ0v) is 4.05. The molecule has 0 aliphatic rings. The molecule has 0 rings (SSSR count).